The average molecular weight is 820 g/mol. The van der Waals surface area contributed by atoms with E-state index in [-0.39, 0.29) is 110 Å². The predicted molar refractivity (Wildman–Crippen MR) is 87.6 cm³/mol. The van der Waals surface area contributed by atoms with Crippen molar-refractivity contribution in [2.24, 2.45) is 0 Å². The van der Waals surface area contributed by atoms with E-state index in [1.807, 2.05) is 0 Å². The molecule has 43 heavy (non-hydrogen) atoms. The van der Waals surface area contributed by atoms with E-state index in [4.69, 9.17) is 15.3 Å². The fraction of sp³-hybridized carbons (Fsp3) is 0.500. The van der Waals surface area contributed by atoms with Crippen LogP contribution in [0.5, 0.6) is 0 Å². The summed E-state index contributed by atoms with van der Waals surface area (Å²) in [5.41, 5.74) is -8.92. The Bertz CT molecular complexity index is 828. The number of aliphatic hydroxyl groups is 3. The molecular weight excluding hydrogens is 805 g/mol. The van der Waals surface area contributed by atoms with Crippen LogP contribution in [-0.2, 0) is 64.2 Å². The average Bonchev–Trinajstić information content (AvgIpc) is 2.64. The van der Waals surface area contributed by atoms with Crippen molar-refractivity contribution < 1.29 is 214 Å². The zero-order chi connectivity index (χ0) is 31.9. The summed E-state index contributed by atoms with van der Waals surface area (Å²) in [5.74, 6) is -18.0. The first-order valence-corrected chi connectivity index (χ1v) is 9.34. The van der Waals surface area contributed by atoms with Gasteiger partial charge in [0.1, 0.15) is 16.8 Å². The van der Waals surface area contributed by atoms with Gasteiger partial charge in [0.05, 0.1) is 17.9 Å². The van der Waals surface area contributed by atoms with Crippen molar-refractivity contribution in [3.8, 4) is 0 Å². The molecule has 228 valence electrons. The second kappa shape index (κ2) is 26.1. The number of carboxylic acid groups (broad SMARTS) is 9. The fourth-order valence-corrected chi connectivity index (χ4v) is 2.05. The molecule has 0 spiro atoms. The minimum absolute atomic E-state index is 0. The Labute approximate surface area is 320 Å². The summed E-state index contributed by atoms with van der Waals surface area (Å²) in [6.45, 7) is 0. The smallest absolute Gasteiger partial charge is 0.550 e. The Balaban J connectivity index is -0.0000000864. The van der Waals surface area contributed by atoms with E-state index < -0.39 is 109 Å². The second-order valence-electron chi connectivity index (χ2n) is 7.25. The molecule has 0 aliphatic heterocycles. The van der Waals surface area contributed by atoms with Crippen LogP contribution in [0.25, 0.3) is 0 Å². The minimum atomic E-state index is -2.97. The molecule has 0 bridgehead atoms. The molecule has 0 atom stereocenters. The van der Waals surface area contributed by atoms with Crippen LogP contribution < -0.4 is 135 Å². The van der Waals surface area contributed by atoms with E-state index in [1.54, 1.807) is 0 Å². The number of aliphatic carboxylic acids is 9. The van der Waals surface area contributed by atoms with Crippen LogP contribution in [0.2, 0.25) is 0 Å². The van der Waals surface area contributed by atoms with E-state index in [1.165, 1.54) is 0 Å². The first-order valence-electron chi connectivity index (χ1n) is 9.34. The first kappa shape index (κ1) is 57.5. The van der Waals surface area contributed by atoms with E-state index in [0.29, 0.717) is 0 Å². The van der Waals surface area contributed by atoms with E-state index >= 15 is 0 Å². The van der Waals surface area contributed by atoms with Crippen LogP contribution in [0, 0.1) is 0 Å². The maximum Gasteiger partial charge on any atom is 1.00 e. The van der Waals surface area contributed by atoms with Crippen molar-refractivity contribution in [1.82, 2.24) is 0 Å². The van der Waals surface area contributed by atoms with Crippen LogP contribution in [0.4, 0.5) is 0 Å². The van der Waals surface area contributed by atoms with Crippen molar-refractivity contribution in [1.29, 1.82) is 0 Å². The van der Waals surface area contributed by atoms with Crippen LogP contribution in [0.1, 0.15) is 38.5 Å². The minimum Gasteiger partial charge on any atom is -0.550 e. The van der Waals surface area contributed by atoms with E-state index in [2.05, 4.69) is 0 Å². The quantitative estimate of drug-likeness (QED) is 0.129. The topological polar surface area (TPSA) is 422 Å². The van der Waals surface area contributed by atoms with E-state index in [0.717, 1.165) is 0 Å². The normalized spacial score (nSPS) is 9.84. The number of carbonyl (C=O) groups excluding carboxylic acids is 9. The molecule has 0 saturated carbocycles. The maximum atomic E-state index is 10.1. The molecule has 0 heterocycles. The summed E-state index contributed by atoms with van der Waals surface area (Å²) in [5, 5.41) is 117. The van der Waals surface area contributed by atoms with Crippen molar-refractivity contribution in [3.05, 3.63) is 0 Å². The number of hydrogen-bond donors (Lipinski definition) is 3. The molecule has 0 rings (SSSR count). The predicted octanol–water partition coefficient (Wildman–Crippen LogP) is -24.7. The van der Waals surface area contributed by atoms with Gasteiger partial charge in [-0.1, -0.05) is 0 Å². The molecule has 0 amide bonds. The summed E-state index contributed by atoms with van der Waals surface area (Å²) >= 11 is 0. The number of carboxylic acids is 9. The Hall–Kier alpha value is -1.20. The van der Waals surface area contributed by atoms with Crippen molar-refractivity contribution in [3.63, 3.8) is 0 Å². The molecule has 0 saturated heterocycles. The van der Waals surface area contributed by atoms with Gasteiger partial charge in [-0.25, -0.2) is 0 Å². The molecular formula is C18H15Na3O21W-6. The van der Waals surface area contributed by atoms with Gasteiger partial charge in [-0.2, -0.15) is 0 Å². The molecule has 0 aromatic heterocycles. The second-order valence-corrected chi connectivity index (χ2v) is 7.25. The van der Waals surface area contributed by atoms with Crippen molar-refractivity contribution in [2.45, 2.75) is 55.3 Å². The fourth-order valence-electron chi connectivity index (χ4n) is 2.05. The number of rotatable bonds is 15. The van der Waals surface area contributed by atoms with Gasteiger partial charge in [-0.3, -0.25) is 0 Å². The summed E-state index contributed by atoms with van der Waals surface area (Å²) in [6.07, 6.45) is -8.15. The molecule has 25 heteroatoms. The number of carbonyl (C=O) groups is 9. The Kier molecular flexibility index (Phi) is 34.8. The van der Waals surface area contributed by atoms with E-state index in [9.17, 15) is 89.1 Å². The Morgan fingerprint density at radius 1 is 0.349 bits per heavy atom. The maximum absolute atomic E-state index is 10.1. The molecule has 0 unspecified atom stereocenters. The molecule has 0 aromatic carbocycles. The van der Waals surface area contributed by atoms with Crippen molar-refractivity contribution in [2.75, 3.05) is 0 Å². The third-order valence-corrected chi connectivity index (χ3v) is 3.76. The van der Waals surface area contributed by atoms with Gasteiger partial charge >= 0.3 is 88.7 Å². The first-order chi connectivity index (χ1) is 17.3. The molecule has 0 aliphatic carbocycles. The molecule has 21 nitrogen and oxygen atoms in total. The summed E-state index contributed by atoms with van der Waals surface area (Å²) < 4.78 is 0. The molecule has 0 aliphatic rings. The summed E-state index contributed by atoms with van der Waals surface area (Å²) in [4.78, 5) is 90.0. The SMILES string of the molecule is O=C([O-])CC(O)(CC(=O)[O-])C(=O)[O-].O=C([O-])CC(O)(CC(=O)[O-])C(=O)[O-].O=C([O-])CC(O)(CC(=O)[O-])C(=O)[O-].[Na+].[Na+].[Na+].[W]. The Morgan fingerprint density at radius 3 is 0.488 bits per heavy atom. The third-order valence-electron chi connectivity index (χ3n) is 3.76. The van der Waals surface area contributed by atoms with Gasteiger partial charge in [-0.05, 0) is 0 Å². The van der Waals surface area contributed by atoms with Gasteiger partial charge in [0.25, 0.3) is 0 Å². The summed E-state index contributed by atoms with van der Waals surface area (Å²) in [6, 6.07) is 0. The zero-order valence-electron chi connectivity index (χ0n) is 22.3. The van der Waals surface area contributed by atoms with Gasteiger partial charge in [0.2, 0.25) is 0 Å². The van der Waals surface area contributed by atoms with Crippen LogP contribution in [0.3, 0.4) is 0 Å². The van der Waals surface area contributed by atoms with Gasteiger partial charge in [0.15, 0.2) is 0 Å². The standard InChI is InChI=1S/3C6H8O7.3Na.W/c3*7-3(8)1-6(13,5(11)12)2-4(9)10;;;;/h3*13H,1-2H2,(H,7,8)(H,9,10)(H,11,12);;;;/q;;;3*+1;/p-9. The largest absolute Gasteiger partial charge is 1.00 e. The molecule has 0 radical (unpaired) electrons. The van der Waals surface area contributed by atoms with Gasteiger partial charge in [0, 0.05) is 95.4 Å². The zero-order valence-corrected chi connectivity index (χ0v) is 31.3. The Morgan fingerprint density at radius 2 is 0.442 bits per heavy atom. The van der Waals surface area contributed by atoms with Crippen LogP contribution in [0.15, 0.2) is 0 Å². The molecule has 3 N–H and O–H groups in total. The molecule has 0 fully saturated rings. The summed E-state index contributed by atoms with van der Waals surface area (Å²) in [7, 11) is 0. The van der Waals surface area contributed by atoms with Crippen LogP contribution >= 0.6 is 0 Å². The monoisotopic (exact) mass is 820 g/mol. The van der Waals surface area contributed by atoms with Gasteiger partial charge < -0.3 is 104 Å². The molecule has 0 aromatic rings. The third kappa shape index (κ3) is 28.0. The van der Waals surface area contributed by atoms with Crippen LogP contribution in [-0.4, -0.2) is 85.8 Å². The van der Waals surface area contributed by atoms with Crippen molar-refractivity contribution >= 4 is 53.7 Å². The number of hydrogen-bond acceptors (Lipinski definition) is 21. The van der Waals surface area contributed by atoms with Gasteiger partial charge in [-0.15, -0.1) is 0 Å².